The van der Waals surface area contributed by atoms with Crippen LogP contribution in [0, 0.1) is 19.3 Å². The first-order valence-corrected chi connectivity index (χ1v) is 8.47. The van der Waals surface area contributed by atoms with Crippen LogP contribution >= 0.6 is 0 Å². The number of aryl methyl sites for hydroxylation is 2. The monoisotopic (exact) mass is 312 g/mol. The van der Waals surface area contributed by atoms with Gasteiger partial charge in [-0.05, 0) is 37.8 Å². The van der Waals surface area contributed by atoms with E-state index < -0.39 is 0 Å². The predicted molar refractivity (Wildman–Crippen MR) is 89.7 cm³/mol. The third-order valence-electron chi connectivity index (χ3n) is 5.22. The van der Waals surface area contributed by atoms with Gasteiger partial charge in [-0.25, -0.2) is 0 Å². The van der Waals surface area contributed by atoms with E-state index in [2.05, 4.69) is 6.07 Å². The van der Waals surface area contributed by atoms with Crippen molar-refractivity contribution in [3.05, 3.63) is 40.6 Å². The summed E-state index contributed by atoms with van der Waals surface area (Å²) in [7, 11) is 0. The van der Waals surface area contributed by atoms with Crippen molar-refractivity contribution in [2.45, 2.75) is 59.3 Å². The van der Waals surface area contributed by atoms with E-state index in [-0.39, 0.29) is 17.2 Å². The van der Waals surface area contributed by atoms with Crippen molar-refractivity contribution in [1.82, 2.24) is 0 Å². The first-order chi connectivity index (χ1) is 10.9. The van der Waals surface area contributed by atoms with E-state index in [0.717, 1.165) is 36.8 Å². The van der Waals surface area contributed by atoms with Gasteiger partial charge in [0, 0.05) is 18.8 Å². The summed E-state index contributed by atoms with van der Waals surface area (Å²) in [6.45, 7) is 5.46. The van der Waals surface area contributed by atoms with Gasteiger partial charge >= 0.3 is 5.97 Å². The van der Waals surface area contributed by atoms with Gasteiger partial charge in [0.1, 0.15) is 5.76 Å². The summed E-state index contributed by atoms with van der Waals surface area (Å²) in [6, 6.07) is 6.08. The van der Waals surface area contributed by atoms with Crippen LogP contribution in [-0.4, -0.2) is 11.8 Å². The van der Waals surface area contributed by atoms with Gasteiger partial charge in [-0.15, -0.1) is 0 Å². The molecule has 0 aromatic heterocycles. The Morgan fingerprint density at radius 1 is 1.13 bits per heavy atom. The molecular formula is C20H24O3. The average Bonchev–Trinajstić information content (AvgIpc) is 2.72. The lowest BCUT2D eigenvalue weighted by Gasteiger charge is -2.31. The van der Waals surface area contributed by atoms with E-state index in [1.807, 2.05) is 26.0 Å². The molecule has 1 fully saturated rings. The highest BCUT2D eigenvalue weighted by molar-refractivity contribution is 6.26. The van der Waals surface area contributed by atoms with Crippen molar-refractivity contribution in [3.63, 3.8) is 0 Å². The van der Waals surface area contributed by atoms with E-state index in [9.17, 15) is 9.59 Å². The number of hydrogen-bond donors (Lipinski definition) is 0. The molecule has 2 aliphatic carbocycles. The largest absolute Gasteiger partial charge is 0.430 e. The summed E-state index contributed by atoms with van der Waals surface area (Å²) in [6.07, 6.45) is 5.75. The van der Waals surface area contributed by atoms with Crippen LogP contribution in [0.15, 0.2) is 24.0 Å². The van der Waals surface area contributed by atoms with Crippen LogP contribution in [0.25, 0.3) is 5.57 Å². The third-order valence-corrected chi connectivity index (χ3v) is 5.22. The Morgan fingerprint density at radius 3 is 2.43 bits per heavy atom. The third kappa shape index (κ3) is 2.85. The molecule has 1 aromatic carbocycles. The molecule has 0 amide bonds. The molecule has 0 heterocycles. The number of allylic oxidation sites excluding steroid dienone is 2. The summed E-state index contributed by atoms with van der Waals surface area (Å²) in [4.78, 5) is 24.8. The van der Waals surface area contributed by atoms with E-state index in [1.165, 1.54) is 18.9 Å². The quantitative estimate of drug-likeness (QED) is 0.755. The van der Waals surface area contributed by atoms with Gasteiger partial charge in [0.25, 0.3) is 0 Å². The Kier molecular flexibility index (Phi) is 4.13. The maximum absolute atomic E-state index is 13.3. The molecule has 0 radical (unpaired) electrons. The van der Waals surface area contributed by atoms with Crippen molar-refractivity contribution in [1.29, 1.82) is 0 Å². The van der Waals surface area contributed by atoms with Crippen LogP contribution in [0.4, 0.5) is 0 Å². The number of benzene rings is 1. The Morgan fingerprint density at radius 2 is 1.83 bits per heavy atom. The second kappa shape index (κ2) is 5.95. The summed E-state index contributed by atoms with van der Waals surface area (Å²) < 4.78 is 5.48. The number of ether oxygens (including phenoxy) is 1. The number of carbonyl (C=O) groups excluding carboxylic acids is 2. The molecule has 1 spiro atoms. The molecule has 1 saturated carbocycles. The fraction of sp³-hybridized carbons (Fsp3) is 0.500. The Bertz CT molecular complexity index is 691. The maximum Gasteiger partial charge on any atom is 0.307 e. The number of esters is 1. The minimum atomic E-state index is -0.345. The average molecular weight is 312 g/mol. The first-order valence-electron chi connectivity index (χ1n) is 8.47. The Labute approximate surface area is 137 Å². The summed E-state index contributed by atoms with van der Waals surface area (Å²) in [5.74, 6) is 0.416. The van der Waals surface area contributed by atoms with Crippen LogP contribution in [0.5, 0.6) is 0 Å². The molecule has 0 aliphatic heterocycles. The van der Waals surface area contributed by atoms with Crippen LogP contribution < -0.4 is 0 Å². The predicted octanol–water partition coefficient (Wildman–Crippen LogP) is 4.50. The normalized spacial score (nSPS) is 20.2. The number of rotatable bonds is 2. The number of hydrogen-bond acceptors (Lipinski definition) is 3. The molecule has 2 aliphatic rings. The second-order valence-electron chi connectivity index (χ2n) is 7.06. The molecule has 23 heavy (non-hydrogen) atoms. The number of carbonyl (C=O) groups is 2. The smallest absolute Gasteiger partial charge is 0.307 e. The first kappa shape index (κ1) is 16.0. The molecule has 3 nitrogen and oxygen atoms in total. The van der Waals surface area contributed by atoms with E-state index in [4.69, 9.17) is 4.74 Å². The SMILES string of the molecule is CC(=O)OC1=C(c2ccc(C)cc2C)C(=O)C2(CCCCC2)C1. The molecule has 3 heteroatoms. The van der Waals surface area contributed by atoms with Gasteiger partial charge in [0.15, 0.2) is 5.78 Å². The summed E-state index contributed by atoms with van der Waals surface area (Å²) in [5.41, 5.74) is 3.44. The van der Waals surface area contributed by atoms with Crippen molar-refractivity contribution < 1.29 is 14.3 Å². The lowest BCUT2D eigenvalue weighted by molar-refractivity contribution is -0.137. The summed E-state index contributed by atoms with van der Waals surface area (Å²) >= 11 is 0. The number of Topliss-reactive ketones (excluding diaryl/α,β-unsaturated/α-hetero) is 1. The molecule has 122 valence electrons. The van der Waals surface area contributed by atoms with Crippen molar-refractivity contribution in [2.24, 2.45) is 5.41 Å². The van der Waals surface area contributed by atoms with Gasteiger partial charge in [-0.1, -0.05) is 43.0 Å². The standard InChI is InChI=1S/C20H24O3/c1-13-7-8-16(14(2)11-13)18-17(23-15(3)21)12-20(19(18)22)9-5-4-6-10-20/h7-8,11H,4-6,9-10,12H2,1-3H3. The molecule has 0 unspecified atom stereocenters. The zero-order valence-electron chi connectivity index (χ0n) is 14.2. The molecule has 0 N–H and O–H groups in total. The molecule has 1 aromatic rings. The minimum Gasteiger partial charge on any atom is -0.430 e. The van der Waals surface area contributed by atoms with Gasteiger partial charge in [-0.2, -0.15) is 0 Å². The minimum absolute atomic E-state index is 0.181. The van der Waals surface area contributed by atoms with Crippen LogP contribution in [0.1, 0.15) is 62.1 Å². The van der Waals surface area contributed by atoms with Crippen molar-refractivity contribution in [3.8, 4) is 0 Å². The maximum atomic E-state index is 13.3. The Balaban J connectivity index is 2.07. The van der Waals surface area contributed by atoms with Gasteiger partial charge in [0.2, 0.25) is 0 Å². The van der Waals surface area contributed by atoms with Crippen LogP contribution in [-0.2, 0) is 14.3 Å². The molecule has 0 atom stereocenters. The Hall–Kier alpha value is -1.90. The topological polar surface area (TPSA) is 43.4 Å². The summed E-state index contributed by atoms with van der Waals surface area (Å²) in [5, 5.41) is 0. The van der Waals surface area contributed by atoms with Gasteiger partial charge < -0.3 is 4.74 Å². The van der Waals surface area contributed by atoms with E-state index in [0.29, 0.717) is 17.8 Å². The lowest BCUT2D eigenvalue weighted by atomic mass is 9.70. The zero-order chi connectivity index (χ0) is 16.6. The van der Waals surface area contributed by atoms with Crippen LogP contribution in [0.3, 0.4) is 0 Å². The van der Waals surface area contributed by atoms with Crippen molar-refractivity contribution >= 4 is 17.3 Å². The fourth-order valence-corrected chi connectivity index (χ4v) is 4.13. The van der Waals surface area contributed by atoms with Gasteiger partial charge in [0.05, 0.1) is 5.57 Å². The van der Waals surface area contributed by atoms with E-state index in [1.54, 1.807) is 0 Å². The molecule has 0 bridgehead atoms. The lowest BCUT2D eigenvalue weighted by Crippen LogP contribution is -2.30. The highest BCUT2D eigenvalue weighted by atomic mass is 16.5. The molecular weight excluding hydrogens is 288 g/mol. The van der Waals surface area contributed by atoms with E-state index >= 15 is 0 Å². The highest BCUT2D eigenvalue weighted by Gasteiger charge is 2.49. The molecule has 0 saturated heterocycles. The van der Waals surface area contributed by atoms with Crippen LogP contribution in [0.2, 0.25) is 0 Å². The molecule has 3 rings (SSSR count). The highest BCUT2D eigenvalue weighted by Crippen LogP contribution is 2.52. The zero-order valence-corrected chi connectivity index (χ0v) is 14.2. The number of ketones is 1. The fourth-order valence-electron chi connectivity index (χ4n) is 4.13. The van der Waals surface area contributed by atoms with Gasteiger partial charge in [-0.3, -0.25) is 9.59 Å². The second-order valence-corrected chi connectivity index (χ2v) is 7.06. The van der Waals surface area contributed by atoms with Crippen molar-refractivity contribution in [2.75, 3.05) is 0 Å².